The van der Waals surface area contributed by atoms with Gasteiger partial charge >= 0.3 is 5.97 Å². The Morgan fingerprint density at radius 2 is 2.09 bits per heavy atom. The van der Waals surface area contributed by atoms with Gasteiger partial charge in [-0.05, 0) is 62.2 Å². The highest BCUT2D eigenvalue weighted by atomic mass is 16.6. The molecule has 8 atom stereocenters. The minimum absolute atomic E-state index is 0.126. The minimum atomic E-state index is -1.38. The summed E-state index contributed by atoms with van der Waals surface area (Å²) < 4.78 is 5.62. The van der Waals surface area contributed by atoms with E-state index in [9.17, 15) is 15.0 Å². The van der Waals surface area contributed by atoms with E-state index in [-0.39, 0.29) is 16.7 Å². The average Bonchev–Trinajstić information content (AvgIpc) is 2.91. The predicted octanol–water partition coefficient (Wildman–Crippen LogP) is 2.19. The molecule has 0 aromatic carbocycles. The maximum atomic E-state index is 12.4. The average molecular weight is 318 g/mol. The van der Waals surface area contributed by atoms with E-state index < -0.39 is 23.8 Å². The maximum absolute atomic E-state index is 12.4. The van der Waals surface area contributed by atoms with E-state index in [0.29, 0.717) is 18.3 Å². The Morgan fingerprint density at radius 1 is 1.30 bits per heavy atom. The molecular formula is C19H26O4. The summed E-state index contributed by atoms with van der Waals surface area (Å²) in [6.07, 6.45) is 5.20. The third-order valence-corrected chi connectivity index (χ3v) is 8.38. The SMILES string of the molecule is C=C1CC23CC1CCC2C1(C)CCCC2(O)C(=O)OC(C21)C3O. The molecule has 4 saturated carbocycles. The Bertz CT molecular complexity index is 614. The van der Waals surface area contributed by atoms with E-state index in [1.54, 1.807) is 0 Å². The smallest absolute Gasteiger partial charge is 0.338 e. The molecule has 2 N–H and O–H groups in total. The van der Waals surface area contributed by atoms with Gasteiger partial charge in [0.1, 0.15) is 6.10 Å². The third kappa shape index (κ3) is 1.41. The van der Waals surface area contributed by atoms with Crippen molar-refractivity contribution >= 4 is 5.97 Å². The van der Waals surface area contributed by atoms with Crippen molar-refractivity contribution in [1.82, 2.24) is 0 Å². The number of ether oxygens (including phenoxy) is 1. The van der Waals surface area contributed by atoms with E-state index in [1.807, 2.05) is 0 Å². The number of aliphatic hydroxyl groups excluding tert-OH is 1. The van der Waals surface area contributed by atoms with Crippen molar-refractivity contribution in [2.24, 2.45) is 28.6 Å². The molecule has 1 aliphatic heterocycles. The van der Waals surface area contributed by atoms with Crippen LogP contribution in [0.3, 0.4) is 0 Å². The Morgan fingerprint density at radius 3 is 2.87 bits per heavy atom. The summed E-state index contributed by atoms with van der Waals surface area (Å²) in [7, 11) is 0. The van der Waals surface area contributed by atoms with Crippen molar-refractivity contribution in [3.05, 3.63) is 12.2 Å². The minimum Gasteiger partial charge on any atom is -0.457 e. The molecule has 5 rings (SSSR count). The molecule has 2 bridgehead atoms. The first-order chi connectivity index (χ1) is 10.8. The summed E-state index contributed by atoms with van der Waals surface area (Å²) in [4.78, 5) is 12.4. The highest BCUT2D eigenvalue weighted by molar-refractivity contribution is 5.83. The fourth-order valence-corrected chi connectivity index (χ4v) is 7.62. The summed E-state index contributed by atoms with van der Waals surface area (Å²) in [5.41, 5.74) is -0.437. The fraction of sp³-hybridized carbons (Fsp3) is 0.842. The van der Waals surface area contributed by atoms with E-state index in [2.05, 4.69) is 13.5 Å². The number of allylic oxidation sites excluding steroid dienone is 1. The van der Waals surface area contributed by atoms with Gasteiger partial charge in [0, 0.05) is 11.3 Å². The zero-order valence-electron chi connectivity index (χ0n) is 13.8. The van der Waals surface area contributed by atoms with Crippen LogP contribution in [0.5, 0.6) is 0 Å². The van der Waals surface area contributed by atoms with Gasteiger partial charge in [0.2, 0.25) is 0 Å². The van der Waals surface area contributed by atoms with Gasteiger partial charge in [-0.2, -0.15) is 0 Å². The molecule has 5 fully saturated rings. The van der Waals surface area contributed by atoms with Crippen LogP contribution in [-0.2, 0) is 9.53 Å². The van der Waals surface area contributed by atoms with Crippen LogP contribution in [0.25, 0.3) is 0 Å². The van der Waals surface area contributed by atoms with Crippen molar-refractivity contribution in [3.8, 4) is 0 Å². The Kier molecular flexibility index (Phi) is 2.53. The fourth-order valence-electron chi connectivity index (χ4n) is 7.62. The first-order valence-corrected chi connectivity index (χ1v) is 9.12. The molecule has 126 valence electrons. The van der Waals surface area contributed by atoms with Crippen LogP contribution in [-0.4, -0.2) is 34.0 Å². The normalized spacial score (nSPS) is 60.2. The Hall–Kier alpha value is -0.870. The molecule has 0 aromatic rings. The second kappa shape index (κ2) is 4.02. The predicted molar refractivity (Wildman–Crippen MR) is 83.3 cm³/mol. The van der Waals surface area contributed by atoms with Gasteiger partial charge in [0.25, 0.3) is 0 Å². The number of fused-ring (bicyclic) bond motifs is 2. The van der Waals surface area contributed by atoms with Crippen LogP contribution >= 0.6 is 0 Å². The molecule has 4 nitrogen and oxygen atoms in total. The zero-order chi connectivity index (χ0) is 16.2. The van der Waals surface area contributed by atoms with Crippen LogP contribution in [0, 0.1) is 28.6 Å². The number of carbonyl (C=O) groups excluding carboxylic acids is 1. The number of hydrogen-bond donors (Lipinski definition) is 2. The molecular weight excluding hydrogens is 292 g/mol. The van der Waals surface area contributed by atoms with Gasteiger partial charge in [0.15, 0.2) is 5.60 Å². The standard InChI is InChI=1S/C19H26O4/c1-10-8-18-9-11(10)4-5-12(18)17(2)6-3-7-19(22)14(17)13(15(18)20)23-16(19)21/h11-15,20,22H,1,3-9H2,2H3. The van der Waals surface area contributed by atoms with E-state index >= 15 is 0 Å². The lowest BCUT2D eigenvalue weighted by Gasteiger charge is -2.63. The van der Waals surface area contributed by atoms with E-state index in [1.165, 1.54) is 5.57 Å². The highest BCUT2D eigenvalue weighted by Gasteiger charge is 2.76. The molecule has 5 aliphatic rings. The Balaban J connectivity index is 1.69. The van der Waals surface area contributed by atoms with E-state index in [4.69, 9.17) is 4.74 Å². The number of rotatable bonds is 0. The van der Waals surface area contributed by atoms with Crippen molar-refractivity contribution in [2.75, 3.05) is 0 Å². The van der Waals surface area contributed by atoms with Gasteiger partial charge in [0.05, 0.1) is 6.10 Å². The maximum Gasteiger partial charge on any atom is 0.338 e. The largest absolute Gasteiger partial charge is 0.457 e. The quantitative estimate of drug-likeness (QED) is 0.531. The summed E-state index contributed by atoms with van der Waals surface area (Å²) in [6.45, 7) is 6.51. The third-order valence-electron chi connectivity index (χ3n) is 8.38. The zero-order valence-corrected chi connectivity index (χ0v) is 13.8. The van der Waals surface area contributed by atoms with Gasteiger partial charge in [-0.15, -0.1) is 0 Å². The summed E-state index contributed by atoms with van der Waals surface area (Å²) in [6, 6.07) is 0. The van der Waals surface area contributed by atoms with Crippen LogP contribution < -0.4 is 0 Å². The first-order valence-electron chi connectivity index (χ1n) is 9.12. The Labute approximate surface area is 136 Å². The molecule has 1 heterocycles. The van der Waals surface area contributed by atoms with Crippen molar-refractivity contribution in [1.29, 1.82) is 0 Å². The summed E-state index contributed by atoms with van der Waals surface area (Å²) >= 11 is 0. The molecule has 4 aliphatic carbocycles. The van der Waals surface area contributed by atoms with Crippen LogP contribution in [0.15, 0.2) is 12.2 Å². The van der Waals surface area contributed by atoms with Crippen molar-refractivity contribution < 1.29 is 19.7 Å². The molecule has 1 spiro atoms. The van der Waals surface area contributed by atoms with Gasteiger partial charge in [-0.25, -0.2) is 4.79 Å². The lowest BCUT2D eigenvalue weighted by molar-refractivity contribution is -0.229. The van der Waals surface area contributed by atoms with Gasteiger partial charge in [-0.3, -0.25) is 0 Å². The lowest BCUT2D eigenvalue weighted by Crippen LogP contribution is -2.67. The molecule has 1 saturated heterocycles. The van der Waals surface area contributed by atoms with Crippen LogP contribution in [0.1, 0.15) is 51.9 Å². The number of aliphatic hydroxyl groups is 2. The van der Waals surface area contributed by atoms with Gasteiger partial charge < -0.3 is 14.9 Å². The topological polar surface area (TPSA) is 66.8 Å². The summed E-state index contributed by atoms with van der Waals surface area (Å²) in [5.74, 6) is 0.108. The van der Waals surface area contributed by atoms with Gasteiger partial charge in [-0.1, -0.05) is 19.1 Å². The molecule has 0 radical (unpaired) electrons. The monoisotopic (exact) mass is 318 g/mol. The highest BCUT2D eigenvalue weighted by Crippen LogP contribution is 2.72. The van der Waals surface area contributed by atoms with E-state index in [0.717, 1.165) is 38.5 Å². The summed E-state index contributed by atoms with van der Waals surface area (Å²) in [5, 5.41) is 22.3. The van der Waals surface area contributed by atoms with Crippen LogP contribution in [0.2, 0.25) is 0 Å². The number of carbonyl (C=O) groups is 1. The lowest BCUT2D eigenvalue weighted by atomic mass is 9.41. The molecule has 4 heteroatoms. The number of esters is 1. The van der Waals surface area contributed by atoms with Crippen LogP contribution in [0.4, 0.5) is 0 Å². The second-order valence-corrected chi connectivity index (χ2v) is 9.18. The molecule has 0 aromatic heterocycles. The molecule has 23 heavy (non-hydrogen) atoms. The molecule has 0 amide bonds. The van der Waals surface area contributed by atoms with Crippen molar-refractivity contribution in [2.45, 2.75) is 69.7 Å². The number of hydrogen-bond acceptors (Lipinski definition) is 4. The second-order valence-electron chi connectivity index (χ2n) is 9.18. The van der Waals surface area contributed by atoms with Crippen molar-refractivity contribution in [3.63, 3.8) is 0 Å². The molecule has 8 unspecified atom stereocenters. The first kappa shape index (κ1) is 14.5.